The van der Waals surface area contributed by atoms with Crippen LogP contribution in [0.5, 0.6) is 0 Å². The largest absolute Gasteiger partial charge is 0.381 e. The third kappa shape index (κ3) is 2.99. The van der Waals surface area contributed by atoms with Crippen LogP contribution >= 0.6 is 27.5 Å². The van der Waals surface area contributed by atoms with Crippen molar-refractivity contribution in [2.45, 2.75) is 18.2 Å². The molecule has 1 N–H and O–H groups in total. The lowest BCUT2D eigenvalue weighted by Crippen LogP contribution is -2.63. The first-order valence-corrected chi connectivity index (χ1v) is 8.29. The Bertz CT molecular complexity index is 634. The summed E-state index contributed by atoms with van der Waals surface area (Å²) in [6, 6.07) is 7.03. The molecule has 1 heterocycles. The molecule has 1 aromatic rings. The van der Waals surface area contributed by atoms with Crippen LogP contribution < -0.4 is 4.90 Å². The molecule has 0 radical (unpaired) electrons. The zero-order chi connectivity index (χ0) is 16.5. The van der Waals surface area contributed by atoms with Crippen molar-refractivity contribution in [2.75, 3.05) is 30.9 Å². The molecule has 1 saturated heterocycles. The Hall–Kier alpha value is -1.13. The molecular formula is C15H17BrClN3O2. The first-order valence-electron chi connectivity index (χ1n) is 6.79. The van der Waals surface area contributed by atoms with Crippen LogP contribution in [0.25, 0.3) is 0 Å². The zero-order valence-electron chi connectivity index (χ0n) is 12.4. The van der Waals surface area contributed by atoms with E-state index in [2.05, 4.69) is 15.9 Å². The van der Waals surface area contributed by atoms with Gasteiger partial charge in [0.1, 0.15) is 17.8 Å². The van der Waals surface area contributed by atoms with Crippen molar-refractivity contribution in [3.8, 4) is 6.07 Å². The van der Waals surface area contributed by atoms with Crippen LogP contribution in [0.2, 0.25) is 5.02 Å². The van der Waals surface area contributed by atoms with Crippen LogP contribution in [0.3, 0.4) is 0 Å². The molecule has 0 saturated carbocycles. The van der Waals surface area contributed by atoms with Crippen molar-refractivity contribution >= 4 is 39.0 Å². The van der Waals surface area contributed by atoms with Crippen molar-refractivity contribution in [1.29, 1.82) is 5.26 Å². The summed E-state index contributed by atoms with van der Waals surface area (Å²) in [4.78, 5) is 16.3. The molecule has 2 atom stereocenters. The highest BCUT2D eigenvalue weighted by Gasteiger charge is 2.46. The number of anilines is 1. The molecule has 0 aliphatic carbocycles. The summed E-state index contributed by atoms with van der Waals surface area (Å²) >= 11 is 9.29. The molecule has 0 spiro atoms. The normalized spacial score (nSPS) is 25.8. The number of piperidine rings is 1. The van der Waals surface area contributed by atoms with Gasteiger partial charge in [-0.25, -0.2) is 0 Å². The van der Waals surface area contributed by atoms with Crippen molar-refractivity contribution in [3.05, 3.63) is 28.8 Å². The number of ketones is 1. The molecule has 1 unspecified atom stereocenters. The molecule has 7 heteroatoms. The van der Waals surface area contributed by atoms with Gasteiger partial charge in [-0.05, 0) is 31.7 Å². The highest BCUT2D eigenvalue weighted by Crippen LogP contribution is 2.30. The number of hydrogen-bond donors (Lipinski definition) is 1. The van der Waals surface area contributed by atoms with Crippen molar-refractivity contribution < 1.29 is 9.90 Å². The Balaban J connectivity index is 2.34. The Morgan fingerprint density at radius 2 is 2.32 bits per heavy atom. The first kappa shape index (κ1) is 17.2. The van der Waals surface area contributed by atoms with Crippen molar-refractivity contribution in [3.63, 3.8) is 0 Å². The maximum absolute atomic E-state index is 12.7. The topological polar surface area (TPSA) is 67.6 Å². The van der Waals surface area contributed by atoms with Gasteiger partial charge < -0.3 is 10.0 Å². The van der Waals surface area contributed by atoms with E-state index in [1.165, 1.54) is 0 Å². The maximum atomic E-state index is 12.7. The third-order valence-electron chi connectivity index (χ3n) is 4.06. The molecule has 5 nitrogen and oxygen atoms in total. The summed E-state index contributed by atoms with van der Waals surface area (Å²) in [5, 5.41) is 19.9. The minimum Gasteiger partial charge on any atom is -0.381 e. The Kier molecular flexibility index (Phi) is 5.13. The van der Waals surface area contributed by atoms with Crippen molar-refractivity contribution in [1.82, 2.24) is 4.90 Å². The minimum atomic E-state index is -1.36. The van der Waals surface area contributed by atoms with E-state index >= 15 is 0 Å². The Morgan fingerprint density at radius 3 is 2.86 bits per heavy atom. The summed E-state index contributed by atoms with van der Waals surface area (Å²) in [6.07, 6.45) is -0.188. The van der Waals surface area contributed by atoms with Gasteiger partial charge in [0.05, 0.1) is 10.6 Å². The van der Waals surface area contributed by atoms with Gasteiger partial charge in [-0.15, -0.1) is 0 Å². The maximum Gasteiger partial charge on any atom is 0.202 e. The van der Waals surface area contributed by atoms with Gasteiger partial charge in [0.15, 0.2) is 0 Å². The number of aliphatic hydroxyl groups is 1. The van der Waals surface area contributed by atoms with Crippen LogP contribution in [0.4, 0.5) is 5.69 Å². The highest BCUT2D eigenvalue weighted by molar-refractivity contribution is 9.09. The van der Waals surface area contributed by atoms with Gasteiger partial charge in [-0.1, -0.05) is 27.5 Å². The second-order valence-corrected chi connectivity index (χ2v) is 6.49. The van der Waals surface area contributed by atoms with Gasteiger partial charge in [0, 0.05) is 24.6 Å². The average Bonchev–Trinajstić information content (AvgIpc) is 2.51. The second kappa shape index (κ2) is 6.55. The van der Waals surface area contributed by atoms with Crippen molar-refractivity contribution in [2.24, 2.45) is 0 Å². The predicted molar refractivity (Wildman–Crippen MR) is 89.4 cm³/mol. The molecule has 1 aliphatic rings. The molecule has 0 bridgehead atoms. The van der Waals surface area contributed by atoms with Crippen LogP contribution in [0, 0.1) is 11.3 Å². The lowest BCUT2D eigenvalue weighted by molar-refractivity contribution is -0.146. The number of alkyl halides is 1. The number of carbonyl (C=O) groups is 1. The molecule has 1 aliphatic heterocycles. The summed E-state index contributed by atoms with van der Waals surface area (Å²) in [7, 11) is 3.62. The summed E-state index contributed by atoms with van der Waals surface area (Å²) in [6.45, 7) is 0.604. The number of Topliss-reactive ketones (excluding diaryl/α,β-unsaturated/α-hetero) is 1. The summed E-state index contributed by atoms with van der Waals surface area (Å²) in [5.41, 5.74) is -0.255. The SMILES string of the molecule is CN1CC[C@](O)(CBr)C(=O)C1N(C)c1ccc(C#N)c(Cl)c1. The fourth-order valence-electron chi connectivity index (χ4n) is 2.61. The van der Waals surface area contributed by atoms with E-state index in [0.717, 1.165) is 0 Å². The second-order valence-electron chi connectivity index (χ2n) is 5.52. The van der Waals surface area contributed by atoms with Crippen LogP contribution in [0.15, 0.2) is 18.2 Å². The van der Waals surface area contributed by atoms with Crippen LogP contribution in [-0.2, 0) is 4.79 Å². The van der Waals surface area contributed by atoms with E-state index in [1.807, 2.05) is 18.0 Å². The Labute approximate surface area is 143 Å². The van der Waals surface area contributed by atoms with Gasteiger partial charge >= 0.3 is 0 Å². The zero-order valence-corrected chi connectivity index (χ0v) is 14.7. The minimum absolute atomic E-state index is 0.213. The predicted octanol–water partition coefficient (Wildman–Crippen LogP) is 2.00. The molecule has 0 aromatic heterocycles. The molecule has 0 amide bonds. The van der Waals surface area contributed by atoms with E-state index in [4.69, 9.17) is 16.9 Å². The number of nitriles is 1. The number of carbonyl (C=O) groups excluding carboxylic acids is 1. The molecule has 118 valence electrons. The number of halogens is 2. The lowest BCUT2D eigenvalue weighted by Gasteiger charge is -2.44. The van der Waals surface area contributed by atoms with E-state index in [-0.39, 0.29) is 11.1 Å². The molecule has 1 aromatic carbocycles. The average molecular weight is 387 g/mol. The fraction of sp³-hybridized carbons (Fsp3) is 0.467. The third-order valence-corrected chi connectivity index (χ3v) is 5.30. The molecule has 2 rings (SSSR count). The monoisotopic (exact) mass is 385 g/mol. The van der Waals surface area contributed by atoms with E-state index in [1.54, 1.807) is 30.1 Å². The summed E-state index contributed by atoms with van der Waals surface area (Å²) in [5.74, 6) is -0.249. The smallest absolute Gasteiger partial charge is 0.202 e. The Morgan fingerprint density at radius 1 is 1.64 bits per heavy atom. The van der Waals surface area contributed by atoms with Gasteiger partial charge in [0.25, 0.3) is 0 Å². The van der Waals surface area contributed by atoms with Gasteiger partial charge in [-0.3, -0.25) is 9.69 Å². The van der Waals surface area contributed by atoms with Crippen LogP contribution in [-0.4, -0.2) is 53.5 Å². The number of likely N-dealkylation sites (N-methyl/N-ethyl adjacent to an activating group) is 2. The van der Waals surface area contributed by atoms with E-state index in [0.29, 0.717) is 29.2 Å². The van der Waals surface area contributed by atoms with Crippen LogP contribution in [0.1, 0.15) is 12.0 Å². The van der Waals surface area contributed by atoms with Gasteiger partial charge in [-0.2, -0.15) is 5.26 Å². The van der Waals surface area contributed by atoms with E-state index < -0.39 is 11.8 Å². The van der Waals surface area contributed by atoms with Gasteiger partial charge in [0.2, 0.25) is 5.78 Å². The van der Waals surface area contributed by atoms with E-state index in [9.17, 15) is 9.90 Å². The number of rotatable bonds is 3. The highest BCUT2D eigenvalue weighted by atomic mass is 79.9. The molecule has 1 fully saturated rings. The number of nitrogens with zero attached hydrogens (tertiary/aromatic N) is 3. The molecular weight excluding hydrogens is 370 g/mol. The fourth-order valence-corrected chi connectivity index (χ4v) is 3.38. The summed E-state index contributed by atoms with van der Waals surface area (Å²) < 4.78 is 0. The lowest BCUT2D eigenvalue weighted by atomic mass is 9.89. The number of likely N-dealkylation sites (tertiary alicyclic amines) is 1. The standard InChI is InChI=1S/C15H17BrClN3O2/c1-19-6-5-15(22,9-16)13(21)14(19)20(2)11-4-3-10(8-18)12(17)7-11/h3-4,7,14,22H,5-6,9H2,1-2H3/t14?,15-/m0/s1. The number of hydrogen-bond acceptors (Lipinski definition) is 5. The quantitative estimate of drug-likeness (QED) is 0.805. The molecule has 22 heavy (non-hydrogen) atoms. The first-order chi connectivity index (χ1) is 10.3. The number of benzene rings is 1.